The number of aromatic nitrogens is 2. The maximum absolute atomic E-state index is 13.3. The van der Waals surface area contributed by atoms with Crippen molar-refractivity contribution in [1.29, 1.82) is 0 Å². The number of ether oxygens (including phenoxy) is 3. The van der Waals surface area contributed by atoms with Gasteiger partial charge in [-0.25, -0.2) is 4.98 Å². The molecule has 0 atom stereocenters. The second kappa shape index (κ2) is 7.51. The van der Waals surface area contributed by atoms with Gasteiger partial charge in [-0.05, 0) is 29.7 Å². The molecule has 2 N–H and O–H groups in total. The predicted octanol–water partition coefficient (Wildman–Crippen LogP) is 3.54. The lowest BCUT2D eigenvalue weighted by molar-refractivity contribution is -0.286. The zero-order chi connectivity index (χ0) is 20.4. The molecule has 2 aromatic heterocycles. The SMILES string of the molecule is COc1ccc(Nc2cnsc2)nc1C(=O)NCc1cccc2c1OC(F)(F)O2. The van der Waals surface area contributed by atoms with Crippen molar-refractivity contribution in [2.45, 2.75) is 12.8 Å². The molecule has 0 bridgehead atoms. The lowest BCUT2D eigenvalue weighted by Gasteiger charge is -2.12. The molecule has 1 aromatic carbocycles. The van der Waals surface area contributed by atoms with E-state index in [0.29, 0.717) is 11.4 Å². The van der Waals surface area contributed by atoms with Crippen LogP contribution in [0.25, 0.3) is 0 Å². The third-order valence-corrected chi connectivity index (χ3v) is 4.53. The fourth-order valence-corrected chi connectivity index (χ4v) is 3.15. The van der Waals surface area contributed by atoms with Crippen molar-refractivity contribution in [3.8, 4) is 17.2 Å². The van der Waals surface area contributed by atoms with Crippen LogP contribution in [-0.2, 0) is 6.54 Å². The van der Waals surface area contributed by atoms with Gasteiger partial charge in [0.25, 0.3) is 5.91 Å². The number of rotatable bonds is 6. The van der Waals surface area contributed by atoms with Gasteiger partial charge < -0.3 is 24.8 Å². The van der Waals surface area contributed by atoms with Gasteiger partial charge >= 0.3 is 6.29 Å². The molecule has 0 spiro atoms. The predicted molar refractivity (Wildman–Crippen MR) is 100 cm³/mol. The molecule has 8 nitrogen and oxygen atoms in total. The number of carbonyl (C=O) groups is 1. The van der Waals surface area contributed by atoms with Gasteiger partial charge in [0.1, 0.15) is 11.6 Å². The van der Waals surface area contributed by atoms with Gasteiger partial charge in [-0.2, -0.15) is 4.37 Å². The smallest absolute Gasteiger partial charge is 0.494 e. The number of alkyl halides is 2. The minimum Gasteiger partial charge on any atom is -0.494 e. The van der Waals surface area contributed by atoms with E-state index in [1.807, 2.05) is 0 Å². The normalized spacial score (nSPS) is 13.8. The summed E-state index contributed by atoms with van der Waals surface area (Å²) >= 11 is 1.27. The first-order chi connectivity index (χ1) is 13.9. The van der Waals surface area contributed by atoms with Gasteiger partial charge in [0.15, 0.2) is 17.2 Å². The Morgan fingerprint density at radius 3 is 2.90 bits per heavy atom. The molecule has 0 saturated heterocycles. The van der Waals surface area contributed by atoms with E-state index in [1.54, 1.807) is 29.8 Å². The molecule has 3 aromatic rings. The summed E-state index contributed by atoms with van der Waals surface area (Å²) in [6.45, 7) is -0.0710. The number of pyridine rings is 1. The molecule has 0 aliphatic carbocycles. The van der Waals surface area contributed by atoms with E-state index in [0.717, 1.165) is 5.69 Å². The van der Waals surface area contributed by atoms with Gasteiger partial charge in [0.2, 0.25) is 0 Å². The maximum atomic E-state index is 13.3. The average Bonchev–Trinajstić information content (AvgIpc) is 3.31. The molecular formula is C18H14F2N4O4S. The number of hydrogen-bond acceptors (Lipinski definition) is 8. The van der Waals surface area contributed by atoms with E-state index in [9.17, 15) is 13.6 Å². The van der Waals surface area contributed by atoms with E-state index in [-0.39, 0.29) is 29.5 Å². The topological polar surface area (TPSA) is 94.6 Å². The summed E-state index contributed by atoms with van der Waals surface area (Å²) in [4.78, 5) is 16.9. The minimum atomic E-state index is -3.73. The van der Waals surface area contributed by atoms with Gasteiger partial charge in [-0.1, -0.05) is 12.1 Å². The first-order valence-electron chi connectivity index (χ1n) is 8.32. The van der Waals surface area contributed by atoms with E-state index < -0.39 is 12.2 Å². The quantitative estimate of drug-likeness (QED) is 0.630. The van der Waals surface area contributed by atoms with Crippen molar-refractivity contribution < 1.29 is 27.8 Å². The zero-order valence-corrected chi connectivity index (χ0v) is 15.8. The van der Waals surface area contributed by atoms with Crippen LogP contribution in [0.5, 0.6) is 17.2 Å². The second-order valence-electron chi connectivity index (χ2n) is 5.88. The van der Waals surface area contributed by atoms with Crippen molar-refractivity contribution in [3.05, 3.63) is 53.2 Å². The van der Waals surface area contributed by atoms with Crippen LogP contribution in [0.4, 0.5) is 20.3 Å². The van der Waals surface area contributed by atoms with E-state index >= 15 is 0 Å². The summed E-state index contributed by atoms with van der Waals surface area (Å²) in [5.74, 6) is -0.0580. The molecule has 150 valence electrons. The third-order valence-electron chi connectivity index (χ3n) is 3.95. The lowest BCUT2D eigenvalue weighted by atomic mass is 10.2. The number of para-hydroxylation sites is 1. The van der Waals surface area contributed by atoms with Crippen LogP contribution in [0, 0.1) is 0 Å². The molecule has 1 amide bonds. The number of carbonyl (C=O) groups excluding carboxylic acids is 1. The van der Waals surface area contributed by atoms with Crippen molar-refractivity contribution in [1.82, 2.24) is 14.7 Å². The Bertz CT molecular complexity index is 1050. The highest BCUT2D eigenvalue weighted by molar-refractivity contribution is 7.04. The largest absolute Gasteiger partial charge is 0.586 e. The van der Waals surface area contributed by atoms with Crippen LogP contribution in [0.2, 0.25) is 0 Å². The summed E-state index contributed by atoms with van der Waals surface area (Å²) in [6, 6.07) is 7.70. The van der Waals surface area contributed by atoms with Gasteiger partial charge in [-0.3, -0.25) is 4.79 Å². The third kappa shape index (κ3) is 4.04. The highest BCUT2D eigenvalue weighted by Gasteiger charge is 2.44. The monoisotopic (exact) mass is 420 g/mol. The number of fused-ring (bicyclic) bond motifs is 1. The van der Waals surface area contributed by atoms with E-state index in [4.69, 9.17) is 4.74 Å². The van der Waals surface area contributed by atoms with Crippen molar-refractivity contribution >= 4 is 28.9 Å². The number of methoxy groups -OCH3 is 1. The number of nitrogens with one attached hydrogen (secondary N) is 2. The first-order valence-corrected chi connectivity index (χ1v) is 9.16. The highest BCUT2D eigenvalue weighted by atomic mass is 32.1. The van der Waals surface area contributed by atoms with Crippen LogP contribution in [0.3, 0.4) is 0 Å². The average molecular weight is 420 g/mol. The number of anilines is 2. The Morgan fingerprint density at radius 2 is 2.14 bits per heavy atom. The lowest BCUT2D eigenvalue weighted by Crippen LogP contribution is -2.27. The van der Waals surface area contributed by atoms with Crippen molar-refractivity contribution in [2.75, 3.05) is 12.4 Å². The van der Waals surface area contributed by atoms with Crippen molar-refractivity contribution in [2.24, 2.45) is 0 Å². The molecule has 3 heterocycles. The van der Waals surface area contributed by atoms with E-state index in [2.05, 4.69) is 29.5 Å². The van der Waals surface area contributed by atoms with Crippen molar-refractivity contribution in [3.63, 3.8) is 0 Å². The fourth-order valence-electron chi connectivity index (χ4n) is 2.68. The summed E-state index contributed by atoms with van der Waals surface area (Å²) in [5, 5.41) is 7.45. The first kappa shape index (κ1) is 18.9. The maximum Gasteiger partial charge on any atom is 0.586 e. The number of hydrogen-bond donors (Lipinski definition) is 2. The standard InChI is InChI=1S/C18H14F2N4O4S/c1-26-12-5-6-14(23-11-8-22-29-9-11)24-15(12)17(25)21-7-10-3-2-4-13-16(10)28-18(19,20)27-13/h2-6,8-9H,7H2,1H3,(H,21,25)(H,23,24). The number of nitrogens with zero attached hydrogens (tertiary/aromatic N) is 2. The summed E-state index contributed by atoms with van der Waals surface area (Å²) in [7, 11) is 1.42. The molecule has 1 aliphatic heterocycles. The molecule has 0 radical (unpaired) electrons. The summed E-state index contributed by atoms with van der Waals surface area (Å²) in [5.41, 5.74) is 1.11. The minimum absolute atomic E-state index is 0.0377. The zero-order valence-electron chi connectivity index (χ0n) is 14.9. The Balaban J connectivity index is 1.51. The number of halogens is 2. The molecular weight excluding hydrogens is 406 g/mol. The van der Waals surface area contributed by atoms with Gasteiger partial charge in [0, 0.05) is 17.5 Å². The fraction of sp³-hybridized carbons (Fsp3) is 0.167. The van der Waals surface area contributed by atoms with Crippen LogP contribution >= 0.6 is 11.5 Å². The summed E-state index contributed by atoms with van der Waals surface area (Å²) < 4.78 is 44.7. The van der Waals surface area contributed by atoms with Crippen LogP contribution in [0.15, 0.2) is 41.9 Å². The Labute approximate surface area is 167 Å². The van der Waals surface area contributed by atoms with Crippen LogP contribution < -0.4 is 24.8 Å². The van der Waals surface area contributed by atoms with Crippen LogP contribution in [-0.4, -0.2) is 28.7 Å². The molecule has 4 rings (SSSR count). The summed E-state index contributed by atoms with van der Waals surface area (Å²) in [6.07, 6.45) is -2.10. The molecule has 29 heavy (non-hydrogen) atoms. The Kier molecular flexibility index (Phi) is 4.89. The van der Waals surface area contributed by atoms with Gasteiger partial charge in [0.05, 0.1) is 19.0 Å². The number of benzene rings is 1. The van der Waals surface area contributed by atoms with E-state index in [1.165, 1.54) is 30.8 Å². The van der Waals surface area contributed by atoms with Gasteiger partial charge in [-0.15, -0.1) is 8.78 Å². The molecule has 0 fully saturated rings. The molecule has 0 unspecified atom stereocenters. The molecule has 1 aliphatic rings. The Hall–Kier alpha value is -3.47. The molecule has 11 heteroatoms. The number of amides is 1. The van der Waals surface area contributed by atoms with Crippen LogP contribution in [0.1, 0.15) is 16.1 Å². The Morgan fingerprint density at radius 1 is 1.28 bits per heavy atom. The molecule has 0 saturated carbocycles. The highest BCUT2D eigenvalue weighted by Crippen LogP contribution is 2.43. The second-order valence-corrected chi connectivity index (χ2v) is 6.54.